The maximum absolute atomic E-state index is 13.2. The lowest BCUT2D eigenvalue weighted by Gasteiger charge is -1.96. The van der Waals surface area contributed by atoms with E-state index in [1.165, 1.54) is 12.3 Å². The molecule has 0 unspecified atom stereocenters. The molecular formula is C10H7FN2. The zero-order valence-corrected chi connectivity index (χ0v) is 7.06. The van der Waals surface area contributed by atoms with Crippen molar-refractivity contribution in [2.45, 2.75) is 6.92 Å². The van der Waals surface area contributed by atoms with E-state index in [0.717, 1.165) is 5.56 Å². The molecule has 0 saturated carbocycles. The molecule has 0 radical (unpaired) electrons. The first-order chi connectivity index (χ1) is 6.24. The number of hydrogen-bond donors (Lipinski definition) is 1. The second-order valence-corrected chi connectivity index (χ2v) is 2.93. The summed E-state index contributed by atoms with van der Waals surface area (Å²) in [7, 11) is 0. The second kappa shape index (κ2) is 2.60. The van der Waals surface area contributed by atoms with Crippen molar-refractivity contribution in [2.24, 2.45) is 0 Å². The molecule has 2 rings (SSSR count). The van der Waals surface area contributed by atoms with Crippen LogP contribution in [0.4, 0.5) is 4.39 Å². The molecule has 0 aliphatic carbocycles. The second-order valence-electron chi connectivity index (χ2n) is 2.93. The van der Waals surface area contributed by atoms with Gasteiger partial charge < -0.3 is 4.98 Å². The molecule has 1 aromatic heterocycles. The van der Waals surface area contributed by atoms with Gasteiger partial charge in [0.1, 0.15) is 11.9 Å². The fraction of sp³-hybridized carbons (Fsp3) is 0.100. The molecule has 0 saturated heterocycles. The van der Waals surface area contributed by atoms with Gasteiger partial charge in [-0.3, -0.25) is 0 Å². The van der Waals surface area contributed by atoms with E-state index in [4.69, 9.17) is 5.26 Å². The van der Waals surface area contributed by atoms with Crippen LogP contribution in [0.5, 0.6) is 0 Å². The fourth-order valence-corrected chi connectivity index (χ4v) is 1.47. The van der Waals surface area contributed by atoms with Crippen LogP contribution in [-0.4, -0.2) is 4.98 Å². The fourth-order valence-electron chi connectivity index (χ4n) is 1.47. The predicted octanol–water partition coefficient (Wildman–Crippen LogP) is 2.49. The number of nitriles is 1. The van der Waals surface area contributed by atoms with Crippen LogP contribution in [0.1, 0.15) is 11.1 Å². The van der Waals surface area contributed by atoms with Crippen molar-refractivity contribution >= 4 is 10.9 Å². The highest BCUT2D eigenvalue weighted by Gasteiger charge is 2.08. The van der Waals surface area contributed by atoms with Crippen molar-refractivity contribution in [1.82, 2.24) is 4.98 Å². The van der Waals surface area contributed by atoms with E-state index in [1.54, 1.807) is 6.07 Å². The molecule has 64 valence electrons. The summed E-state index contributed by atoms with van der Waals surface area (Å²) in [6.07, 6.45) is 1.53. The van der Waals surface area contributed by atoms with Gasteiger partial charge in [-0.1, -0.05) is 6.07 Å². The Morgan fingerprint density at radius 1 is 1.46 bits per heavy atom. The van der Waals surface area contributed by atoms with Gasteiger partial charge in [0.15, 0.2) is 0 Å². The number of H-pyrrole nitrogens is 1. The number of nitrogens with zero attached hydrogens (tertiary/aromatic N) is 1. The van der Waals surface area contributed by atoms with Crippen molar-refractivity contribution < 1.29 is 4.39 Å². The SMILES string of the molecule is Cc1ccc(F)c2[nH]cc(C#N)c12. The first-order valence-corrected chi connectivity index (χ1v) is 3.90. The molecule has 2 aromatic rings. The Morgan fingerprint density at radius 3 is 2.92 bits per heavy atom. The monoisotopic (exact) mass is 174 g/mol. The molecule has 1 aromatic carbocycles. The maximum atomic E-state index is 13.2. The van der Waals surface area contributed by atoms with Crippen molar-refractivity contribution in [3.8, 4) is 6.07 Å². The maximum Gasteiger partial charge on any atom is 0.147 e. The average molecular weight is 174 g/mol. The van der Waals surface area contributed by atoms with Crippen LogP contribution in [-0.2, 0) is 0 Å². The van der Waals surface area contributed by atoms with Crippen molar-refractivity contribution in [1.29, 1.82) is 5.26 Å². The number of hydrogen-bond acceptors (Lipinski definition) is 1. The molecule has 0 spiro atoms. The summed E-state index contributed by atoms with van der Waals surface area (Å²) in [5.74, 6) is -0.317. The normalized spacial score (nSPS) is 10.2. The molecule has 0 amide bonds. The van der Waals surface area contributed by atoms with Crippen molar-refractivity contribution in [2.75, 3.05) is 0 Å². The van der Waals surface area contributed by atoms with E-state index in [2.05, 4.69) is 4.98 Å². The Kier molecular flexibility index (Phi) is 1.56. The minimum absolute atomic E-state index is 0.317. The van der Waals surface area contributed by atoms with Crippen LogP contribution >= 0.6 is 0 Å². The Labute approximate surface area is 74.6 Å². The third-order valence-corrected chi connectivity index (χ3v) is 2.11. The first-order valence-electron chi connectivity index (χ1n) is 3.90. The summed E-state index contributed by atoms with van der Waals surface area (Å²) < 4.78 is 13.2. The molecular weight excluding hydrogens is 167 g/mol. The highest BCUT2D eigenvalue weighted by Crippen LogP contribution is 2.23. The number of aromatic nitrogens is 1. The standard InChI is InChI=1S/C10H7FN2/c1-6-2-3-8(11)10-9(6)7(4-12)5-13-10/h2-3,5,13H,1H3. The van der Waals surface area contributed by atoms with Gasteiger partial charge in [-0.05, 0) is 18.6 Å². The highest BCUT2D eigenvalue weighted by molar-refractivity contribution is 5.89. The van der Waals surface area contributed by atoms with Gasteiger partial charge in [0.05, 0.1) is 11.1 Å². The van der Waals surface area contributed by atoms with Gasteiger partial charge in [-0.2, -0.15) is 5.26 Å². The Morgan fingerprint density at radius 2 is 2.23 bits per heavy atom. The molecule has 13 heavy (non-hydrogen) atoms. The van der Waals surface area contributed by atoms with Gasteiger partial charge >= 0.3 is 0 Å². The van der Waals surface area contributed by atoms with Crippen LogP contribution < -0.4 is 0 Å². The van der Waals surface area contributed by atoms with Gasteiger partial charge in [0, 0.05) is 11.6 Å². The Balaban J connectivity index is 2.98. The highest BCUT2D eigenvalue weighted by atomic mass is 19.1. The van der Waals surface area contributed by atoms with Crippen LogP contribution in [0.15, 0.2) is 18.3 Å². The van der Waals surface area contributed by atoms with Crippen LogP contribution in [0.25, 0.3) is 10.9 Å². The first kappa shape index (κ1) is 7.81. The van der Waals surface area contributed by atoms with Gasteiger partial charge in [-0.25, -0.2) is 4.39 Å². The summed E-state index contributed by atoms with van der Waals surface area (Å²) >= 11 is 0. The van der Waals surface area contributed by atoms with E-state index in [-0.39, 0.29) is 5.82 Å². The minimum atomic E-state index is -0.317. The average Bonchev–Trinajstić information content (AvgIpc) is 2.56. The number of fused-ring (bicyclic) bond motifs is 1. The van der Waals surface area contributed by atoms with E-state index >= 15 is 0 Å². The summed E-state index contributed by atoms with van der Waals surface area (Å²) in [5, 5.41) is 9.43. The van der Waals surface area contributed by atoms with Gasteiger partial charge in [0.2, 0.25) is 0 Å². The minimum Gasteiger partial charge on any atom is -0.357 e. The summed E-state index contributed by atoms with van der Waals surface area (Å²) in [6.45, 7) is 1.86. The quantitative estimate of drug-likeness (QED) is 0.654. The molecule has 3 heteroatoms. The lowest BCUT2D eigenvalue weighted by molar-refractivity contribution is 0.637. The molecule has 0 aliphatic rings. The topological polar surface area (TPSA) is 39.6 Å². The van der Waals surface area contributed by atoms with Crippen LogP contribution in [0.3, 0.4) is 0 Å². The summed E-state index contributed by atoms with van der Waals surface area (Å²) in [4.78, 5) is 2.75. The Bertz CT molecular complexity index is 505. The van der Waals surface area contributed by atoms with E-state index < -0.39 is 0 Å². The van der Waals surface area contributed by atoms with Gasteiger partial charge in [-0.15, -0.1) is 0 Å². The third kappa shape index (κ3) is 0.994. The number of aromatic amines is 1. The van der Waals surface area contributed by atoms with Crippen LogP contribution in [0.2, 0.25) is 0 Å². The van der Waals surface area contributed by atoms with E-state index in [1.807, 2.05) is 13.0 Å². The lowest BCUT2D eigenvalue weighted by Crippen LogP contribution is -1.81. The van der Waals surface area contributed by atoms with Crippen LogP contribution in [0, 0.1) is 24.1 Å². The number of rotatable bonds is 0. The molecule has 0 fully saturated rings. The molecule has 0 bridgehead atoms. The summed E-state index contributed by atoms with van der Waals surface area (Å²) in [5.41, 5.74) is 1.82. The Hall–Kier alpha value is -1.82. The van der Waals surface area contributed by atoms with E-state index in [9.17, 15) is 4.39 Å². The predicted molar refractivity (Wildman–Crippen MR) is 47.7 cm³/mol. The van der Waals surface area contributed by atoms with Crippen molar-refractivity contribution in [3.05, 3.63) is 35.3 Å². The molecule has 0 atom stereocenters. The smallest absolute Gasteiger partial charge is 0.147 e. The zero-order chi connectivity index (χ0) is 9.42. The molecule has 1 heterocycles. The van der Waals surface area contributed by atoms with Gasteiger partial charge in [0.25, 0.3) is 0 Å². The number of nitrogens with one attached hydrogen (secondary N) is 1. The zero-order valence-electron chi connectivity index (χ0n) is 7.06. The number of halogens is 1. The lowest BCUT2D eigenvalue weighted by atomic mass is 10.1. The molecule has 0 aliphatic heterocycles. The number of benzene rings is 1. The number of aryl methyl sites for hydroxylation is 1. The largest absolute Gasteiger partial charge is 0.357 e. The van der Waals surface area contributed by atoms with E-state index in [0.29, 0.717) is 16.5 Å². The molecule has 1 N–H and O–H groups in total. The molecule has 2 nitrogen and oxygen atoms in total. The summed E-state index contributed by atoms with van der Waals surface area (Å²) in [6, 6.07) is 5.09. The van der Waals surface area contributed by atoms with Crippen molar-refractivity contribution in [3.63, 3.8) is 0 Å². The third-order valence-electron chi connectivity index (χ3n) is 2.11.